The van der Waals surface area contributed by atoms with Crippen molar-refractivity contribution < 1.29 is 0 Å². The third-order valence-corrected chi connectivity index (χ3v) is 1.31. The van der Waals surface area contributed by atoms with Gasteiger partial charge in [-0.1, -0.05) is 6.08 Å². The molecule has 0 radical (unpaired) electrons. The molecule has 1 heterocycles. The molecule has 6 heavy (non-hydrogen) atoms. The van der Waals surface area contributed by atoms with Crippen LogP contribution in [0, 0.1) is 0 Å². The zero-order valence-corrected chi connectivity index (χ0v) is 4.11. The van der Waals surface area contributed by atoms with Crippen molar-refractivity contribution >= 4 is 11.9 Å². The molecule has 1 aliphatic rings. The molecule has 0 atom stereocenters. The zero-order chi connectivity index (χ0) is 4.41. The summed E-state index contributed by atoms with van der Waals surface area (Å²) in [4.78, 5) is 0. The smallest absolute Gasteiger partial charge is 0.0435 e. The molecule has 0 amide bonds. The molecular weight excluding hydrogens is 96.1 g/mol. The van der Waals surface area contributed by atoms with Crippen LogP contribution in [0.5, 0.6) is 0 Å². The molecule has 0 saturated carbocycles. The predicted octanol–water partition coefficient (Wildman–Crippen LogP) is 0.338. The minimum Gasteiger partial charge on any atom is -0.258 e. The molecule has 0 aliphatic carbocycles. The van der Waals surface area contributed by atoms with Gasteiger partial charge in [-0.3, -0.25) is 5.84 Å². The van der Waals surface area contributed by atoms with Crippen LogP contribution in [0.4, 0.5) is 0 Å². The Bertz CT molecular complexity index is 63.2. The number of hydrazine groups is 1. The second kappa shape index (κ2) is 1.64. The summed E-state index contributed by atoms with van der Waals surface area (Å²) in [6.45, 7) is 0.880. The molecule has 0 aromatic rings. The van der Waals surface area contributed by atoms with E-state index in [0.717, 1.165) is 6.54 Å². The van der Waals surface area contributed by atoms with Gasteiger partial charge < -0.3 is 0 Å². The molecular formula is C3H6N2S. The van der Waals surface area contributed by atoms with Crippen molar-refractivity contribution in [2.45, 2.75) is 0 Å². The van der Waals surface area contributed by atoms with Gasteiger partial charge >= 0.3 is 0 Å². The fourth-order valence-electron chi connectivity index (χ4n) is 0.311. The van der Waals surface area contributed by atoms with Gasteiger partial charge in [0.1, 0.15) is 0 Å². The van der Waals surface area contributed by atoms with Gasteiger partial charge in [-0.05, 0) is 17.4 Å². The Labute approximate surface area is 41.1 Å². The van der Waals surface area contributed by atoms with Gasteiger partial charge in [0.05, 0.1) is 0 Å². The minimum atomic E-state index is 0.880. The maximum absolute atomic E-state index is 5.27. The number of hydrogen-bond acceptors (Lipinski definition) is 3. The summed E-state index contributed by atoms with van der Waals surface area (Å²) in [5.41, 5.74) is 0. The Kier molecular flexibility index (Phi) is 1.14. The van der Waals surface area contributed by atoms with Crippen LogP contribution in [0.1, 0.15) is 0 Å². The first kappa shape index (κ1) is 4.18. The van der Waals surface area contributed by atoms with Crippen LogP contribution in [-0.4, -0.2) is 11.0 Å². The minimum absolute atomic E-state index is 0.880. The lowest BCUT2D eigenvalue weighted by Gasteiger charge is -1.99. The molecule has 0 spiro atoms. The second-order valence-corrected chi connectivity index (χ2v) is 2.03. The van der Waals surface area contributed by atoms with Crippen LogP contribution in [0.25, 0.3) is 0 Å². The van der Waals surface area contributed by atoms with Crippen LogP contribution in [-0.2, 0) is 0 Å². The van der Waals surface area contributed by atoms with Crippen molar-refractivity contribution in [1.29, 1.82) is 0 Å². The zero-order valence-electron chi connectivity index (χ0n) is 3.29. The van der Waals surface area contributed by atoms with E-state index >= 15 is 0 Å². The van der Waals surface area contributed by atoms with E-state index in [0.29, 0.717) is 0 Å². The molecule has 2 N–H and O–H groups in total. The van der Waals surface area contributed by atoms with E-state index in [9.17, 15) is 0 Å². The molecule has 0 unspecified atom stereocenters. The third kappa shape index (κ3) is 0.739. The molecule has 0 fully saturated rings. The van der Waals surface area contributed by atoms with E-state index in [1.165, 1.54) is 11.9 Å². The fraction of sp³-hybridized carbons (Fsp3) is 0.333. The number of nitrogens with zero attached hydrogens (tertiary/aromatic N) is 1. The summed E-state index contributed by atoms with van der Waals surface area (Å²) < 4.78 is 1.67. The van der Waals surface area contributed by atoms with E-state index < -0.39 is 0 Å². The number of rotatable bonds is 0. The van der Waals surface area contributed by atoms with Gasteiger partial charge in [-0.15, -0.1) is 0 Å². The van der Waals surface area contributed by atoms with Crippen LogP contribution < -0.4 is 5.84 Å². The topological polar surface area (TPSA) is 29.3 Å². The Balaban J connectivity index is 2.32. The van der Waals surface area contributed by atoms with Crippen LogP contribution in [0.3, 0.4) is 0 Å². The highest BCUT2D eigenvalue weighted by Crippen LogP contribution is 2.10. The number of nitrogens with two attached hydrogens (primary N) is 1. The highest BCUT2D eigenvalue weighted by Gasteiger charge is 1.96. The first-order chi connectivity index (χ1) is 2.89. The lowest BCUT2D eigenvalue weighted by atomic mass is 10.7. The fourth-order valence-corrected chi connectivity index (χ4v) is 0.812. The average Bonchev–Trinajstić information content (AvgIpc) is 1.86. The predicted molar refractivity (Wildman–Crippen MR) is 27.6 cm³/mol. The molecule has 34 valence electrons. The highest BCUT2D eigenvalue weighted by atomic mass is 32.2. The summed E-state index contributed by atoms with van der Waals surface area (Å²) in [6, 6.07) is 0. The van der Waals surface area contributed by atoms with Gasteiger partial charge in [-0.25, -0.2) is 0 Å². The summed E-state index contributed by atoms with van der Waals surface area (Å²) in [5, 5.41) is 1.97. The van der Waals surface area contributed by atoms with E-state index in [1.54, 1.807) is 4.41 Å². The molecule has 0 saturated heterocycles. The Morgan fingerprint density at radius 3 is 2.83 bits per heavy atom. The second-order valence-electron chi connectivity index (χ2n) is 1.08. The average molecular weight is 102 g/mol. The molecule has 1 rings (SSSR count). The van der Waals surface area contributed by atoms with E-state index in [4.69, 9.17) is 5.84 Å². The van der Waals surface area contributed by atoms with Crippen LogP contribution >= 0.6 is 11.9 Å². The van der Waals surface area contributed by atoms with Crippen molar-refractivity contribution in [2.24, 2.45) is 5.84 Å². The molecule has 2 nitrogen and oxygen atoms in total. The quantitative estimate of drug-likeness (QED) is 0.353. The van der Waals surface area contributed by atoms with Gasteiger partial charge in [0.2, 0.25) is 0 Å². The first-order valence-corrected chi connectivity index (χ1v) is 2.57. The van der Waals surface area contributed by atoms with E-state index in [1.807, 2.05) is 11.5 Å². The lowest BCUT2D eigenvalue weighted by Crippen LogP contribution is -2.19. The number of hydrogen-bond donors (Lipinski definition) is 1. The lowest BCUT2D eigenvalue weighted by molar-refractivity contribution is 0.566. The Morgan fingerprint density at radius 1 is 1.83 bits per heavy atom. The Hall–Kier alpha value is 0.01000. The largest absolute Gasteiger partial charge is 0.258 e. The van der Waals surface area contributed by atoms with Gasteiger partial charge in [0.25, 0.3) is 0 Å². The SMILES string of the molecule is NN1CC=CS1. The summed E-state index contributed by atoms with van der Waals surface area (Å²) >= 11 is 1.53. The monoisotopic (exact) mass is 102 g/mol. The normalized spacial score (nSPS) is 22.8. The van der Waals surface area contributed by atoms with E-state index in [-0.39, 0.29) is 0 Å². The molecule has 0 aromatic heterocycles. The first-order valence-electron chi connectivity index (χ1n) is 1.73. The van der Waals surface area contributed by atoms with Gasteiger partial charge in [0, 0.05) is 6.54 Å². The van der Waals surface area contributed by atoms with Crippen molar-refractivity contribution in [3.8, 4) is 0 Å². The van der Waals surface area contributed by atoms with Crippen molar-refractivity contribution in [3.63, 3.8) is 0 Å². The van der Waals surface area contributed by atoms with Crippen molar-refractivity contribution in [2.75, 3.05) is 6.54 Å². The maximum atomic E-state index is 5.27. The molecule has 3 heteroatoms. The van der Waals surface area contributed by atoms with Crippen molar-refractivity contribution in [1.82, 2.24) is 4.41 Å². The summed E-state index contributed by atoms with van der Waals surface area (Å²) in [6.07, 6.45) is 2.02. The summed E-state index contributed by atoms with van der Waals surface area (Å²) in [5.74, 6) is 5.27. The highest BCUT2D eigenvalue weighted by molar-refractivity contribution is 8.00. The molecule has 1 aliphatic heterocycles. The van der Waals surface area contributed by atoms with Crippen LogP contribution in [0.2, 0.25) is 0 Å². The molecule has 0 aromatic carbocycles. The maximum Gasteiger partial charge on any atom is 0.0435 e. The third-order valence-electron chi connectivity index (χ3n) is 0.578. The standard InChI is InChI=1S/C3H6N2S/c4-5-2-1-3-6-5/h1,3H,2,4H2. The van der Waals surface area contributed by atoms with E-state index in [2.05, 4.69) is 0 Å². The molecule has 0 bridgehead atoms. The van der Waals surface area contributed by atoms with Crippen molar-refractivity contribution in [3.05, 3.63) is 11.5 Å². The summed E-state index contributed by atoms with van der Waals surface area (Å²) in [7, 11) is 0. The van der Waals surface area contributed by atoms with Gasteiger partial charge in [0.15, 0.2) is 0 Å². The van der Waals surface area contributed by atoms with Crippen LogP contribution in [0.15, 0.2) is 11.5 Å². The van der Waals surface area contributed by atoms with Gasteiger partial charge in [-0.2, -0.15) is 4.41 Å². The Morgan fingerprint density at radius 2 is 2.67 bits per heavy atom.